The summed E-state index contributed by atoms with van der Waals surface area (Å²) in [5.74, 6) is 0. The number of hydrogen-bond donors (Lipinski definition) is 1. The van der Waals surface area contributed by atoms with E-state index in [2.05, 4.69) is 5.32 Å². The van der Waals surface area contributed by atoms with Gasteiger partial charge in [-0.05, 0) is 36.6 Å². The van der Waals surface area contributed by atoms with E-state index in [-0.39, 0.29) is 0 Å². The largest absolute Gasteiger partial charge is 0.388 e. The molecule has 1 N–H and O–H groups in total. The maximum atomic E-state index is 12.2. The average molecular weight is 269 g/mol. The van der Waals surface area contributed by atoms with Gasteiger partial charge in [-0.15, -0.1) is 0 Å². The molecule has 0 saturated heterocycles. The van der Waals surface area contributed by atoms with Crippen LogP contribution in [0.15, 0.2) is 18.2 Å². The molecule has 0 bridgehead atoms. The van der Waals surface area contributed by atoms with Gasteiger partial charge in [-0.3, -0.25) is 4.31 Å². The van der Waals surface area contributed by atoms with Gasteiger partial charge in [-0.25, -0.2) is 0 Å². The minimum Gasteiger partial charge on any atom is -0.388 e. The van der Waals surface area contributed by atoms with Crippen molar-refractivity contribution in [2.24, 2.45) is 0 Å². The third-order valence-corrected chi connectivity index (χ3v) is 5.04. The lowest BCUT2D eigenvalue weighted by Crippen LogP contribution is -2.42. The second kappa shape index (κ2) is 4.78. The first-order valence-electron chi connectivity index (χ1n) is 5.97. The number of nitrogens with one attached hydrogen (secondary N) is 1. The van der Waals surface area contributed by atoms with Crippen molar-refractivity contribution in [3.8, 4) is 0 Å². The molecule has 1 aliphatic heterocycles. The highest BCUT2D eigenvalue weighted by Gasteiger charge is 2.29. The van der Waals surface area contributed by atoms with Crippen LogP contribution in [0.1, 0.15) is 12.0 Å². The van der Waals surface area contributed by atoms with Crippen molar-refractivity contribution in [1.29, 1.82) is 0 Å². The third-order valence-electron chi connectivity index (χ3n) is 3.18. The summed E-state index contributed by atoms with van der Waals surface area (Å²) in [5, 5.41) is 3.08. The summed E-state index contributed by atoms with van der Waals surface area (Å²) < 4.78 is 27.2. The van der Waals surface area contributed by atoms with Crippen LogP contribution < -0.4 is 9.62 Å². The third kappa shape index (κ3) is 2.18. The van der Waals surface area contributed by atoms with Gasteiger partial charge in [0.05, 0.1) is 5.69 Å². The topological polar surface area (TPSA) is 52.7 Å². The van der Waals surface area contributed by atoms with Crippen LogP contribution in [0.4, 0.5) is 11.4 Å². The molecule has 1 aliphatic rings. The molecule has 18 heavy (non-hydrogen) atoms. The van der Waals surface area contributed by atoms with Crippen LogP contribution in [0.5, 0.6) is 0 Å². The lowest BCUT2D eigenvalue weighted by Gasteiger charge is -2.32. The van der Waals surface area contributed by atoms with Crippen molar-refractivity contribution in [3.63, 3.8) is 0 Å². The van der Waals surface area contributed by atoms with Gasteiger partial charge in [0.25, 0.3) is 0 Å². The zero-order valence-electron chi connectivity index (χ0n) is 11.0. The first-order valence-corrected chi connectivity index (χ1v) is 7.37. The molecule has 0 amide bonds. The van der Waals surface area contributed by atoms with Gasteiger partial charge >= 0.3 is 10.2 Å². The van der Waals surface area contributed by atoms with E-state index in [1.54, 1.807) is 14.1 Å². The molecular weight excluding hydrogens is 250 g/mol. The summed E-state index contributed by atoms with van der Waals surface area (Å²) >= 11 is 0. The second-order valence-corrected chi connectivity index (χ2v) is 6.63. The Labute approximate surface area is 109 Å². The van der Waals surface area contributed by atoms with E-state index in [0.29, 0.717) is 6.54 Å². The molecule has 0 saturated carbocycles. The molecule has 0 radical (unpaired) electrons. The van der Waals surface area contributed by atoms with Crippen LogP contribution in [0.2, 0.25) is 0 Å². The predicted octanol–water partition coefficient (Wildman–Crippen LogP) is 1.29. The molecule has 5 nitrogen and oxygen atoms in total. The smallest absolute Gasteiger partial charge is 0.303 e. The quantitative estimate of drug-likeness (QED) is 0.899. The molecule has 100 valence electrons. The minimum atomic E-state index is -3.39. The molecule has 6 heteroatoms. The summed E-state index contributed by atoms with van der Waals surface area (Å²) in [6.07, 6.45) is 1.78. The molecule has 1 aromatic rings. The van der Waals surface area contributed by atoms with Gasteiger partial charge in [0.1, 0.15) is 0 Å². The second-order valence-electron chi connectivity index (χ2n) is 4.56. The predicted molar refractivity (Wildman–Crippen MR) is 74.3 cm³/mol. The first-order chi connectivity index (χ1) is 8.46. The van der Waals surface area contributed by atoms with Crippen LogP contribution in [-0.2, 0) is 16.6 Å². The standard InChI is InChI=1S/C12H19N3O2S/c1-13-11-6-7-12-10(9-11)5-4-8-15(12)18(16,17)14(2)3/h6-7,9,13H,4-5,8H2,1-3H3. The minimum absolute atomic E-state index is 0.548. The van der Waals surface area contributed by atoms with Crippen LogP contribution in [-0.4, -0.2) is 40.4 Å². The van der Waals surface area contributed by atoms with Gasteiger partial charge < -0.3 is 5.32 Å². The molecule has 0 atom stereocenters. The Balaban J connectivity index is 2.46. The van der Waals surface area contributed by atoms with E-state index < -0.39 is 10.2 Å². The highest BCUT2D eigenvalue weighted by molar-refractivity contribution is 7.90. The highest BCUT2D eigenvalue weighted by Crippen LogP contribution is 2.31. The van der Waals surface area contributed by atoms with Gasteiger partial charge in [-0.2, -0.15) is 12.7 Å². The van der Waals surface area contributed by atoms with Crippen molar-refractivity contribution < 1.29 is 8.42 Å². The van der Waals surface area contributed by atoms with E-state index in [9.17, 15) is 8.42 Å². The summed E-state index contributed by atoms with van der Waals surface area (Å²) in [4.78, 5) is 0. The van der Waals surface area contributed by atoms with E-state index in [1.807, 2.05) is 25.2 Å². The Hall–Kier alpha value is -1.27. The van der Waals surface area contributed by atoms with Gasteiger partial charge in [0.15, 0.2) is 0 Å². The molecule has 0 unspecified atom stereocenters. The summed E-state index contributed by atoms with van der Waals surface area (Å²) in [5.41, 5.74) is 2.89. The SMILES string of the molecule is CNc1ccc2c(c1)CCCN2S(=O)(=O)N(C)C. The normalized spacial score (nSPS) is 15.7. The Kier molecular flexibility index (Phi) is 3.49. The van der Waals surface area contributed by atoms with Crippen molar-refractivity contribution >= 4 is 21.6 Å². The number of rotatable bonds is 3. The number of nitrogens with zero attached hydrogens (tertiary/aromatic N) is 2. The lowest BCUT2D eigenvalue weighted by molar-refractivity contribution is 0.512. The molecular formula is C12H19N3O2S. The number of hydrogen-bond acceptors (Lipinski definition) is 3. The van der Waals surface area contributed by atoms with Crippen molar-refractivity contribution in [3.05, 3.63) is 23.8 Å². The van der Waals surface area contributed by atoms with Crippen LogP contribution in [0.3, 0.4) is 0 Å². The number of fused-ring (bicyclic) bond motifs is 1. The zero-order valence-corrected chi connectivity index (χ0v) is 11.8. The van der Waals surface area contributed by atoms with Gasteiger partial charge in [-0.1, -0.05) is 0 Å². The van der Waals surface area contributed by atoms with Crippen molar-refractivity contribution in [2.75, 3.05) is 37.3 Å². The van der Waals surface area contributed by atoms with E-state index in [0.717, 1.165) is 29.8 Å². The van der Waals surface area contributed by atoms with E-state index in [4.69, 9.17) is 0 Å². The Bertz CT molecular complexity index is 540. The first kappa shape index (κ1) is 13.2. The summed E-state index contributed by atoms with van der Waals surface area (Å²) in [7, 11) is 1.60. The monoisotopic (exact) mass is 269 g/mol. The Morgan fingerprint density at radius 3 is 2.67 bits per heavy atom. The maximum Gasteiger partial charge on any atom is 0.303 e. The summed E-state index contributed by atoms with van der Waals surface area (Å²) in [6, 6.07) is 5.80. The van der Waals surface area contributed by atoms with Crippen LogP contribution >= 0.6 is 0 Å². The van der Waals surface area contributed by atoms with Crippen molar-refractivity contribution in [1.82, 2.24) is 4.31 Å². The highest BCUT2D eigenvalue weighted by atomic mass is 32.2. The van der Waals surface area contributed by atoms with E-state index in [1.165, 1.54) is 8.61 Å². The maximum absolute atomic E-state index is 12.2. The fourth-order valence-electron chi connectivity index (χ4n) is 2.15. The molecule has 1 aromatic carbocycles. The molecule has 1 heterocycles. The zero-order chi connectivity index (χ0) is 13.3. The molecule has 0 aliphatic carbocycles. The Morgan fingerprint density at radius 1 is 1.33 bits per heavy atom. The number of benzene rings is 1. The van der Waals surface area contributed by atoms with Crippen LogP contribution in [0.25, 0.3) is 0 Å². The average Bonchev–Trinajstić information content (AvgIpc) is 2.37. The van der Waals surface area contributed by atoms with E-state index >= 15 is 0 Å². The van der Waals surface area contributed by atoms with Crippen LogP contribution in [0, 0.1) is 0 Å². The molecule has 0 spiro atoms. The van der Waals surface area contributed by atoms with Gasteiger partial charge in [0, 0.05) is 33.4 Å². The fourth-order valence-corrected chi connectivity index (χ4v) is 3.34. The summed E-state index contributed by atoms with van der Waals surface area (Å²) in [6.45, 7) is 0.548. The molecule has 0 aromatic heterocycles. The number of anilines is 2. The number of aryl methyl sites for hydroxylation is 1. The lowest BCUT2D eigenvalue weighted by atomic mass is 10.0. The molecule has 2 rings (SSSR count). The molecule has 0 fully saturated rings. The Morgan fingerprint density at radius 2 is 2.06 bits per heavy atom. The fraction of sp³-hybridized carbons (Fsp3) is 0.500. The van der Waals surface area contributed by atoms with Crippen molar-refractivity contribution in [2.45, 2.75) is 12.8 Å². The van der Waals surface area contributed by atoms with Gasteiger partial charge in [0.2, 0.25) is 0 Å².